The van der Waals surface area contributed by atoms with Crippen molar-refractivity contribution in [2.45, 2.75) is 38.1 Å². The van der Waals surface area contributed by atoms with Crippen LogP contribution in [0.3, 0.4) is 0 Å². The molecule has 2 aromatic carbocycles. The predicted octanol–water partition coefficient (Wildman–Crippen LogP) is 6.54. The molecule has 0 bridgehead atoms. The summed E-state index contributed by atoms with van der Waals surface area (Å²) in [6.07, 6.45) is 6.94. The molecule has 1 aliphatic carbocycles. The van der Waals surface area contributed by atoms with Crippen molar-refractivity contribution < 1.29 is 18.7 Å². The van der Waals surface area contributed by atoms with Crippen LogP contribution in [0.5, 0.6) is 11.5 Å². The van der Waals surface area contributed by atoms with Gasteiger partial charge in [-0.05, 0) is 54.9 Å². The fourth-order valence-corrected chi connectivity index (χ4v) is 5.58. The average Bonchev–Trinajstić information content (AvgIpc) is 3.10. The summed E-state index contributed by atoms with van der Waals surface area (Å²) in [7, 11) is 3.14. The number of para-hydroxylation sites is 1. The van der Waals surface area contributed by atoms with Crippen LogP contribution in [0.1, 0.15) is 37.7 Å². The Morgan fingerprint density at radius 1 is 1.16 bits per heavy atom. The van der Waals surface area contributed by atoms with Crippen molar-refractivity contribution in [1.29, 1.82) is 0 Å². The van der Waals surface area contributed by atoms with Crippen molar-refractivity contribution in [3.05, 3.63) is 57.2 Å². The van der Waals surface area contributed by atoms with Gasteiger partial charge in [-0.15, -0.1) is 0 Å². The minimum Gasteiger partial charge on any atom is -0.493 e. The van der Waals surface area contributed by atoms with E-state index < -0.39 is 5.82 Å². The topological polar surface area (TPSA) is 51.1 Å². The van der Waals surface area contributed by atoms with Crippen molar-refractivity contribution in [2.24, 2.45) is 4.99 Å². The molecule has 1 saturated heterocycles. The fraction of sp³-hybridized carbons (Fsp3) is 0.333. The highest BCUT2D eigenvalue weighted by Crippen LogP contribution is 2.42. The molecule has 32 heavy (non-hydrogen) atoms. The van der Waals surface area contributed by atoms with E-state index in [1.54, 1.807) is 43.4 Å². The lowest BCUT2D eigenvalue weighted by molar-refractivity contribution is -0.124. The highest BCUT2D eigenvalue weighted by atomic mass is 79.9. The van der Waals surface area contributed by atoms with E-state index in [1.165, 1.54) is 24.2 Å². The summed E-state index contributed by atoms with van der Waals surface area (Å²) in [5.41, 5.74) is 0.942. The minimum atomic E-state index is -0.410. The second-order valence-corrected chi connectivity index (χ2v) is 9.58. The third-order valence-electron chi connectivity index (χ3n) is 5.60. The minimum absolute atomic E-state index is 0.0686. The number of ether oxygens (including phenoxy) is 2. The lowest BCUT2D eigenvalue weighted by atomic mass is 9.94. The first-order valence-corrected chi connectivity index (χ1v) is 12.1. The van der Waals surface area contributed by atoms with Crippen LogP contribution in [-0.4, -0.2) is 36.2 Å². The van der Waals surface area contributed by atoms with Crippen LogP contribution in [0, 0.1) is 5.82 Å². The highest BCUT2D eigenvalue weighted by molar-refractivity contribution is 9.10. The van der Waals surface area contributed by atoms with Gasteiger partial charge in [-0.25, -0.2) is 9.38 Å². The number of thioether (sulfide) groups is 1. The third kappa shape index (κ3) is 4.71. The van der Waals surface area contributed by atoms with Gasteiger partial charge in [0.25, 0.3) is 5.91 Å². The fourth-order valence-electron chi connectivity index (χ4n) is 4.08. The van der Waals surface area contributed by atoms with E-state index in [4.69, 9.17) is 9.47 Å². The predicted molar refractivity (Wildman–Crippen MR) is 130 cm³/mol. The number of carbonyl (C=O) groups is 1. The second-order valence-electron chi connectivity index (χ2n) is 7.65. The SMILES string of the molecule is COc1cc(Br)cc(C=C2SC(=Nc3ccccc3F)N(C3CCCCC3)C2=O)c1OC. The van der Waals surface area contributed by atoms with Crippen LogP contribution in [-0.2, 0) is 4.79 Å². The van der Waals surface area contributed by atoms with Crippen molar-refractivity contribution in [3.63, 3.8) is 0 Å². The van der Waals surface area contributed by atoms with Crippen LogP contribution in [0.4, 0.5) is 10.1 Å². The zero-order chi connectivity index (χ0) is 22.7. The molecular weight excluding hydrogens is 495 g/mol. The summed E-state index contributed by atoms with van der Waals surface area (Å²) < 4.78 is 26.1. The summed E-state index contributed by atoms with van der Waals surface area (Å²) in [5, 5.41) is 0.513. The Bertz CT molecular complexity index is 1080. The van der Waals surface area contributed by atoms with Gasteiger partial charge in [-0.2, -0.15) is 0 Å². The van der Waals surface area contributed by atoms with E-state index in [0.717, 1.165) is 30.2 Å². The number of amidine groups is 1. The summed E-state index contributed by atoms with van der Waals surface area (Å²) >= 11 is 4.75. The zero-order valence-corrected chi connectivity index (χ0v) is 20.3. The van der Waals surface area contributed by atoms with E-state index in [1.807, 2.05) is 12.1 Å². The Labute approximate surface area is 199 Å². The highest BCUT2D eigenvalue weighted by Gasteiger charge is 2.39. The Morgan fingerprint density at radius 3 is 2.59 bits per heavy atom. The maximum Gasteiger partial charge on any atom is 0.267 e. The zero-order valence-electron chi connectivity index (χ0n) is 17.9. The molecule has 5 nitrogen and oxygen atoms in total. The van der Waals surface area contributed by atoms with Crippen molar-refractivity contribution in [2.75, 3.05) is 14.2 Å². The molecule has 2 fully saturated rings. The van der Waals surface area contributed by atoms with Crippen LogP contribution in [0.15, 0.2) is 50.8 Å². The van der Waals surface area contributed by atoms with Crippen LogP contribution in [0.2, 0.25) is 0 Å². The first kappa shape index (κ1) is 22.9. The molecule has 1 saturated carbocycles. The van der Waals surface area contributed by atoms with E-state index in [9.17, 15) is 9.18 Å². The lowest BCUT2D eigenvalue weighted by Crippen LogP contribution is -2.40. The van der Waals surface area contributed by atoms with Gasteiger partial charge in [0, 0.05) is 16.1 Å². The van der Waals surface area contributed by atoms with E-state index >= 15 is 0 Å². The number of benzene rings is 2. The summed E-state index contributed by atoms with van der Waals surface area (Å²) in [6, 6.07) is 10.1. The van der Waals surface area contributed by atoms with E-state index in [2.05, 4.69) is 20.9 Å². The van der Waals surface area contributed by atoms with Gasteiger partial charge in [-0.1, -0.05) is 47.3 Å². The molecule has 2 aliphatic rings. The van der Waals surface area contributed by atoms with Crippen LogP contribution in [0.25, 0.3) is 6.08 Å². The second kappa shape index (κ2) is 10.1. The number of rotatable bonds is 5. The number of nitrogens with zero attached hydrogens (tertiary/aromatic N) is 2. The average molecular weight is 519 g/mol. The molecule has 168 valence electrons. The molecule has 0 N–H and O–H groups in total. The number of carbonyl (C=O) groups excluding carboxylic acids is 1. The van der Waals surface area contributed by atoms with Crippen LogP contribution >= 0.6 is 27.7 Å². The molecule has 1 amide bonds. The molecule has 8 heteroatoms. The number of hydrogen-bond acceptors (Lipinski definition) is 5. The lowest BCUT2D eigenvalue weighted by Gasteiger charge is -2.30. The van der Waals surface area contributed by atoms with Crippen molar-refractivity contribution in [3.8, 4) is 11.5 Å². The molecule has 0 atom stereocenters. The number of aliphatic imine (C=N–C) groups is 1. The van der Waals surface area contributed by atoms with Gasteiger partial charge in [0.2, 0.25) is 0 Å². The quantitative estimate of drug-likeness (QED) is 0.421. The van der Waals surface area contributed by atoms with E-state index in [0.29, 0.717) is 27.1 Å². The maximum absolute atomic E-state index is 14.3. The Kier molecular flexibility index (Phi) is 7.20. The van der Waals surface area contributed by atoms with E-state index in [-0.39, 0.29) is 17.6 Å². The van der Waals surface area contributed by atoms with Crippen molar-refractivity contribution >= 4 is 50.5 Å². The Hall–Kier alpha value is -2.32. The smallest absolute Gasteiger partial charge is 0.267 e. The molecule has 0 radical (unpaired) electrons. The van der Waals surface area contributed by atoms with Gasteiger partial charge in [0.1, 0.15) is 11.5 Å². The largest absolute Gasteiger partial charge is 0.493 e. The Balaban J connectivity index is 1.77. The third-order valence-corrected chi connectivity index (χ3v) is 7.05. The van der Waals surface area contributed by atoms with Gasteiger partial charge < -0.3 is 9.47 Å². The standard InChI is InChI=1S/C24H24BrFN2O3S/c1-30-20-14-16(25)12-15(22(20)31-2)13-21-23(29)28(17-8-4-3-5-9-17)24(32-21)27-19-11-7-6-10-18(19)26/h6-7,10-14,17H,3-5,8-9H2,1-2H3. The van der Waals surface area contributed by atoms with Gasteiger partial charge in [-0.3, -0.25) is 9.69 Å². The van der Waals surface area contributed by atoms with Crippen LogP contribution < -0.4 is 9.47 Å². The maximum atomic E-state index is 14.3. The Morgan fingerprint density at radius 2 is 1.91 bits per heavy atom. The number of halogens is 2. The first-order valence-electron chi connectivity index (χ1n) is 10.5. The molecule has 0 unspecified atom stereocenters. The molecule has 1 aliphatic heterocycles. The first-order chi connectivity index (χ1) is 15.5. The molecule has 2 aromatic rings. The molecule has 0 spiro atoms. The van der Waals surface area contributed by atoms with Gasteiger partial charge in [0.05, 0.1) is 19.1 Å². The summed E-state index contributed by atoms with van der Waals surface area (Å²) in [4.78, 5) is 20.3. The summed E-state index contributed by atoms with van der Waals surface area (Å²) in [6.45, 7) is 0. The summed E-state index contributed by atoms with van der Waals surface area (Å²) in [5.74, 6) is 0.583. The monoisotopic (exact) mass is 518 g/mol. The molecular formula is C24H24BrFN2O3S. The number of hydrogen-bond donors (Lipinski definition) is 0. The normalized spacial score (nSPS) is 19.8. The molecule has 4 rings (SSSR count). The number of amides is 1. The van der Waals surface area contributed by atoms with Gasteiger partial charge >= 0.3 is 0 Å². The molecule has 1 heterocycles. The van der Waals surface area contributed by atoms with Gasteiger partial charge in [0.15, 0.2) is 16.7 Å². The van der Waals surface area contributed by atoms with Crippen molar-refractivity contribution in [1.82, 2.24) is 4.90 Å². The number of methoxy groups -OCH3 is 2. The molecule has 0 aromatic heterocycles.